The van der Waals surface area contributed by atoms with Crippen LogP contribution in [-0.2, 0) is 4.79 Å². The lowest BCUT2D eigenvalue weighted by Gasteiger charge is -2.08. The van der Waals surface area contributed by atoms with E-state index in [9.17, 15) is 4.79 Å². The summed E-state index contributed by atoms with van der Waals surface area (Å²) in [6.07, 6.45) is 1.94. The van der Waals surface area contributed by atoms with E-state index in [-0.39, 0.29) is 5.92 Å². The van der Waals surface area contributed by atoms with E-state index < -0.39 is 0 Å². The summed E-state index contributed by atoms with van der Waals surface area (Å²) in [5.74, 6) is 1.21. The van der Waals surface area contributed by atoms with Gasteiger partial charge in [-0.2, -0.15) is 0 Å². The van der Waals surface area contributed by atoms with Gasteiger partial charge in [0.2, 0.25) is 0 Å². The molecule has 2 heteroatoms. The number of rotatable bonds is 3. The van der Waals surface area contributed by atoms with Crippen LogP contribution in [0, 0.1) is 11.8 Å². The van der Waals surface area contributed by atoms with Crippen LogP contribution in [0.15, 0.2) is 0 Å². The van der Waals surface area contributed by atoms with Gasteiger partial charge in [-0.3, -0.25) is 4.79 Å². The minimum absolute atomic E-state index is 0.209. The van der Waals surface area contributed by atoms with Gasteiger partial charge in [0.1, 0.15) is 5.78 Å². The highest BCUT2D eigenvalue weighted by Crippen LogP contribution is 2.18. The summed E-state index contributed by atoms with van der Waals surface area (Å²) in [5.41, 5.74) is 0. The second kappa shape index (κ2) is 4.04. The zero-order valence-corrected chi connectivity index (χ0v) is 8.26. The first-order valence-corrected chi connectivity index (χ1v) is 4.85. The van der Waals surface area contributed by atoms with Crippen LogP contribution in [0.4, 0.5) is 0 Å². The summed E-state index contributed by atoms with van der Waals surface area (Å²) >= 11 is 0. The molecule has 0 saturated carbocycles. The molecular weight excluding hydrogens is 150 g/mol. The van der Waals surface area contributed by atoms with E-state index in [4.69, 9.17) is 0 Å². The number of carbonyl (C=O) groups excluding carboxylic acids is 1. The highest BCUT2D eigenvalue weighted by Gasteiger charge is 2.23. The zero-order valence-electron chi connectivity index (χ0n) is 8.26. The van der Waals surface area contributed by atoms with Crippen LogP contribution < -0.4 is 5.32 Å². The van der Waals surface area contributed by atoms with Crippen molar-refractivity contribution >= 4 is 5.78 Å². The average Bonchev–Trinajstić information content (AvgIpc) is 2.35. The Morgan fingerprint density at radius 1 is 1.58 bits per heavy atom. The van der Waals surface area contributed by atoms with Crippen molar-refractivity contribution in [1.29, 1.82) is 0 Å². The highest BCUT2D eigenvalue weighted by molar-refractivity contribution is 5.80. The minimum atomic E-state index is 0.209. The molecule has 0 spiro atoms. The summed E-state index contributed by atoms with van der Waals surface area (Å²) in [6.45, 7) is 7.17. The molecule has 0 amide bonds. The fourth-order valence-electron chi connectivity index (χ4n) is 1.71. The van der Waals surface area contributed by atoms with Gasteiger partial charge in [0, 0.05) is 18.4 Å². The van der Waals surface area contributed by atoms with E-state index in [1.165, 1.54) is 6.42 Å². The minimum Gasteiger partial charge on any atom is -0.314 e. The van der Waals surface area contributed by atoms with Crippen LogP contribution in [0.1, 0.15) is 33.6 Å². The van der Waals surface area contributed by atoms with Crippen LogP contribution in [0.5, 0.6) is 0 Å². The van der Waals surface area contributed by atoms with Gasteiger partial charge in [-0.25, -0.2) is 0 Å². The van der Waals surface area contributed by atoms with Gasteiger partial charge in [0.25, 0.3) is 0 Å². The smallest absolute Gasteiger partial charge is 0.135 e. The lowest BCUT2D eigenvalue weighted by molar-refractivity contribution is -0.122. The normalized spacial score (nSPS) is 29.7. The van der Waals surface area contributed by atoms with Crippen LogP contribution in [-0.4, -0.2) is 18.4 Å². The lowest BCUT2D eigenvalue weighted by atomic mass is 9.95. The van der Waals surface area contributed by atoms with Crippen LogP contribution in [0.25, 0.3) is 0 Å². The molecule has 1 saturated heterocycles. The predicted molar refractivity (Wildman–Crippen MR) is 50.0 cm³/mol. The Balaban J connectivity index is 2.28. The SMILES string of the molecule is CC1CC(CC(=O)C(C)C)CN1. The van der Waals surface area contributed by atoms with Gasteiger partial charge in [-0.1, -0.05) is 13.8 Å². The maximum Gasteiger partial charge on any atom is 0.135 e. The van der Waals surface area contributed by atoms with E-state index in [0.29, 0.717) is 17.7 Å². The molecule has 1 N–H and O–H groups in total. The summed E-state index contributed by atoms with van der Waals surface area (Å²) < 4.78 is 0. The maximum atomic E-state index is 11.4. The van der Waals surface area contributed by atoms with Gasteiger partial charge < -0.3 is 5.32 Å². The van der Waals surface area contributed by atoms with Crippen LogP contribution in [0.2, 0.25) is 0 Å². The Morgan fingerprint density at radius 3 is 2.67 bits per heavy atom. The summed E-state index contributed by atoms with van der Waals surface area (Å²) in [5, 5.41) is 3.36. The third-order valence-corrected chi connectivity index (χ3v) is 2.58. The number of Topliss-reactive ketones (excluding diaryl/α,β-unsaturated/α-hetero) is 1. The molecule has 1 aliphatic rings. The number of hydrogen-bond acceptors (Lipinski definition) is 2. The molecule has 1 aliphatic heterocycles. The van der Waals surface area contributed by atoms with E-state index in [1.807, 2.05) is 13.8 Å². The Bertz CT molecular complexity index is 165. The number of carbonyl (C=O) groups is 1. The fraction of sp³-hybridized carbons (Fsp3) is 0.900. The van der Waals surface area contributed by atoms with Gasteiger partial charge >= 0.3 is 0 Å². The molecular formula is C10H19NO. The second-order valence-corrected chi connectivity index (χ2v) is 4.24. The Morgan fingerprint density at radius 2 is 2.25 bits per heavy atom. The summed E-state index contributed by atoms with van der Waals surface area (Å²) in [7, 11) is 0. The molecule has 12 heavy (non-hydrogen) atoms. The highest BCUT2D eigenvalue weighted by atomic mass is 16.1. The molecule has 1 heterocycles. The molecule has 2 atom stereocenters. The fourth-order valence-corrected chi connectivity index (χ4v) is 1.71. The molecule has 2 nitrogen and oxygen atoms in total. The Hall–Kier alpha value is -0.370. The van der Waals surface area contributed by atoms with Crippen molar-refractivity contribution in [1.82, 2.24) is 5.32 Å². The molecule has 0 aromatic rings. The average molecular weight is 169 g/mol. The summed E-state index contributed by atoms with van der Waals surface area (Å²) in [4.78, 5) is 11.4. The van der Waals surface area contributed by atoms with Crippen molar-refractivity contribution in [2.24, 2.45) is 11.8 Å². The first kappa shape index (κ1) is 9.72. The van der Waals surface area contributed by atoms with E-state index in [2.05, 4.69) is 12.2 Å². The lowest BCUT2D eigenvalue weighted by Crippen LogP contribution is -2.18. The van der Waals surface area contributed by atoms with Gasteiger partial charge in [0.05, 0.1) is 0 Å². The number of ketones is 1. The van der Waals surface area contributed by atoms with Crippen LogP contribution >= 0.6 is 0 Å². The van der Waals surface area contributed by atoms with Gasteiger partial charge in [-0.05, 0) is 25.8 Å². The summed E-state index contributed by atoms with van der Waals surface area (Å²) in [6, 6.07) is 0.606. The molecule has 0 aliphatic carbocycles. The Kier molecular flexibility index (Phi) is 3.27. The maximum absolute atomic E-state index is 11.4. The standard InChI is InChI=1S/C10H19NO/c1-7(2)10(12)5-9-4-8(3)11-6-9/h7-9,11H,4-6H2,1-3H3. The van der Waals surface area contributed by atoms with E-state index in [0.717, 1.165) is 13.0 Å². The molecule has 1 fully saturated rings. The van der Waals surface area contributed by atoms with Crippen molar-refractivity contribution in [2.45, 2.75) is 39.7 Å². The van der Waals surface area contributed by atoms with Crippen molar-refractivity contribution in [3.63, 3.8) is 0 Å². The van der Waals surface area contributed by atoms with E-state index in [1.54, 1.807) is 0 Å². The first-order chi connectivity index (χ1) is 5.59. The molecule has 0 bridgehead atoms. The van der Waals surface area contributed by atoms with Crippen LogP contribution in [0.3, 0.4) is 0 Å². The molecule has 70 valence electrons. The topological polar surface area (TPSA) is 29.1 Å². The first-order valence-electron chi connectivity index (χ1n) is 4.85. The van der Waals surface area contributed by atoms with Gasteiger partial charge in [0.15, 0.2) is 0 Å². The quantitative estimate of drug-likeness (QED) is 0.695. The molecule has 1 rings (SSSR count). The van der Waals surface area contributed by atoms with Crippen molar-refractivity contribution in [2.75, 3.05) is 6.54 Å². The second-order valence-electron chi connectivity index (χ2n) is 4.24. The number of hydrogen-bond donors (Lipinski definition) is 1. The van der Waals surface area contributed by atoms with Gasteiger partial charge in [-0.15, -0.1) is 0 Å². The van der Waals surface area contributed by atoms with Crippen molar-refractivity contribution < 1.29 is 4.79 Å². The monoisotopic (exact) mass is 169 g/mol. The van der Waals surface area contributed by atoms with E-state index >= 15 is 0 Å². The molecule has 0 aromatic heterocycles. The number of nitrogens with one attached hydrogen (secondary N) is 1. The van der Waals surface area contributed by atoms with Crippen molar-refractivity contribution in [3.8, 4) is 0 Å². The molecule has 0 aromatic carbocycles. The Labute approximate surface area is 74.7 Å². The predicted octanol–water partition coefficient (Wildman–Crippen LogP) is 1.60. The third kappa shape index (κ3) is 2.59. The van der Waals surface area contributed by atoms with Crippen molar-refractivity contribution in [3.05, 3.63) is 0 Å². The third-order valence-electron chi connectivity index (χ3n) is 2.58. The molecule has 2 unspecified atom stereocenters. The molecule has 0 radical (unpaired) electrons. The zero-order chi connectivity index (χ0) is 9.14. The largest absolute Gasteiger partial charge is 0.314 e.